The molecule has 3 aromatic carbocycles. The van der Waals surface area contributed by atoms with Crippen LogP contribution in [0.5, 0.6) is 11.5 Å². The lowest BCUT2D eigenvalue weighted by molar-refractivity contribution is -0.149. The van der Waals surface area contributed by atoms with Crippen LogP contribution in [0.25, 0.3) is 0 Å². The van der Waals surface area contributed by atoms with Crippen molar-refractivity contribution >= 4 is 17.6 Å². The summed E-state index contributed by atoms with van der Waals surface area (Å²) in [4.78, 5) is 24.8. The lowest BCUT2D eigenvalue weighted by Crippen LogP contribution is -2.24. The summed E-state index contributed by atoms with van der Waals surface area (Å²) in [5.41, 5.74) is 3.36. The topological polar surface area (TPSA) is 84.9 Å². The molecule has 0 aliphatic heterocycles. The number of hydrogen-bond donors (Lipinski definition) is 2. The maximum atomic E-state index is 13.0. The van der Waals surface area contributed by atoms with Crippen LogP contribution in [-0.4, -0.2) is 30.2 Å². The molecule has 0 bridgehead atoms. The summed E-state index contributed by atoms with van der Waals surface area (Å²) in [5.74, 6) is -0.0780. The molecule has 0 unspecified atom stereocenters. The predicted octanol–water partition coefficient (Wildman–Crippen LogP) is 5.53. The average Bonchev–Trinajstić information content (AvgIpc) is 2.87. The number of phenolic OH excluding ortho intramolecular Hbond substituents is 1. The number of aromatic hydroxyl groups is 1. The number of carbonyl (C=O) groups is 2. The van der Waals surface area contributed by atoms with Crippen molar-refractivity contribution in [3.05, 3.63) is 89.2 Å². The van der Waals surface area contributed by atoms with Crippen molar-refractivity contribution in [2.45, 2.75) is 50.5 Å². The van der Waals surface area contributed by atoms with Crippen molar-refractivity contribution in [2.75, 3.05) is 12.4 Å². The van der Waals surface area contributed by atoms with Crippen LogP contribution in [0.4, 0.5) is 10.1 Å². The van der Waals surface area contributed by atoms with E-state index >= 15 is 0 Å². The smallest absolute Gasteiger partial charge is 0.310 e. The van der Waals surface area contributed by atoms with Gasteiger partial charge in [0.05, 0.1) is 20.0 Å². The van der Waals surface area contributed by atoms with Gasteiger partial charge in [-0.2, -0.15) is 0 Å². The second kappa shape index (κ2) is 11.7. The van der Waals surface area contributed by atoms with E-state index in [-0.39, 0.29) is 42.4 Å². The molecule has 2 N–H and O–H groups in total. The Balaban J connectivity index is 1.27. The zero-order valence-corrected chi connectivity index (χ0v) is 20.2. The molecular formula is C29H30FNO5. The number of hydrogen-bond acceptors (Lipinski definition) is 5. The van der Waals surface area contributed by atoms with Crippen LogP contribution in [0, 0.1) is 5.82 Å². The van der Waals surface area contributed by atoms with Crippen LogP contribution in [0.15, 0.2) is 66.7 Å². The van der Waals surface area contributed by atoms with Gasteiger partial charge in [-0.15, -0.1) is 0 Å². The van der Waals surface area contributed by atoms with Crippen LogP contribution in [0.1, 0.15) is 48.3 Å². The number of amides is 1. The highest BCUT2D eigenvalue weighted by molar-refractivity contribution is 5.92. The molecule has 0 spiro atoms. The summed E-state index contributed by atoms with van der Waals surface area (Å²) in [5, 5.41) is 12.7. The minimum atomic E-state index is -0.327. The molecule has 3 aromatic rings. The fourth-order valence-electron chi connectivity index (χ4n) is 4.60. The lowest BCUT2D eigenvalue weighted by Gasteiger charge is -2.29. The van der Waals surface area contributed by atoms with E-state index in [9.17, 15) is 19.1 Å². The van der Waals surface area contributed by atoms with E-state index in [0.717, 1.165) is 48.1 Å². The van der Waals surface area contributed by atoms with Crippen molar-refractivity contribution < 1.29 is 28.6 Å². The Labute approximate surface area is 210 Å². The second-order valence-corrected chi connectivity index (χ2v) is 9.12. The average molecular weight is 492 g/mol. The SMILES string of the molecule is COc1cc(CC(=O)Nc2cccc(C3CCC(OC(=O)Cc4ccc(F)cc4)CC3)c2)ccc1O. The Morgan fingerprint density at radius 2 is 1.67 bits per heavy atom. The Bertz CT molecular complexity index is 1200. The third-order valence-corrected chi connectivity index (χ3v) is 6.48. The van der Waals surface area contributed by atoms with Crippen molar-refractivity contribution in [1.82, 2.24) is 0 Å². The minimum Gasteiger partial charge on any atom is -0.504 e. The van der Waals surface area contributed by atoms with Gasteiger partial charge in [0.15, 0.2) is 11.5 Å². The van der Waals surface area contributed by atoms with Crippen LogP contribution in [0.2, 0.25) is 0 Å². The van der Waals surface area contributed by atoms with E-state index in [1.807, 2.05) is 18.2 Å². The van der Waals surface area contributed by atoms with Gasteiger partial charge in [0.2, 0.25) is 5.91 Å². The number of ether oxygens (including phenoxy) is 2. The van der Waals surface area contributed by atoms with Gasteiger partial charge in [-0.3, -0.25) is 9.59 Å². The van der Waals surface area contributed by atoms with E-state index in [0.29, 0.717) is 11.7 Å². The molecule has 36 heavy (non-hydrogen) atoms. The highest BCUT2D eigenvalue weighted by Gasteiger charge is 2.25. The molecule has 7 heteroatoms. The third-order valence-electron chi connectivity index (χ3n) is 6.48. The van der Waals surface area contributed by atoms with Crippen molar-refractivity contribution in [2.24, 2.45) is 0 Å². The molecule has 1 aliphatic rings. The van der Waals surface area contributed by atoms with E-state index in [4.69, 9.17) is 9.47 Å². The first-order valence-corrected chi connectivity index (χ1v) is 12.1. The zero-order valence-electron chi connectivity index (χ0n) is 20.2. The maximum absolute atomic E-state index is 13.0. The van der Waals surface area contributed by atoms with Gasteiger partial charge >= 0.3 is 5.97 Å². The van der Waals surface area contributed by atoms with Crippen LogP contribution in [-0.2, 0) is 27.2 Å². The van der Waals surface area contributed by atoms with E-state index in [1.54, 1.807) is 24.3 Å². The molecule has 1 fully saturated rings. The third kappa shape index (κ3) is 6.84. The summed E-state index contributed by atoms with van der Waals surface area (Å²) < 4.78 is 23.8. The quantitative estimate of drug-likeness (QED) is 0.405. The normalized spacial score (nSPS) is 17.3. The van der Waals surface area contributed by atoms with Crippen molar-refractivity contribution in [1.29, 1.82) is 0 Å². The second-order valence-electron chi connectivity index (χ2n) is 9.12. The van der Waals surface area contributed by atoms with Gasteiger partial charge in [-0.1, -0.05) is 30.3 Å². The molecule has 6 nitrogen and oxygen atoms in total. The number of halogens is 1. The van der Waals surface area contributed by atoms with Gasteiger partial charge in [0, 0.05) is 5.69 Å². The number of benzene rings is 3. The first-order valence-electron chi connectivity index (χ1n) is 12.1. The molecule has 0 heterocycles. The molecule has 188 valence electrons. The van der Waals surface area contributed by atoms with Crippen LogP contribution in [0.3, 0.4) is 0 Å². The summed E-state index contributed by atoms with van der Waals surface area (Å²) in [7, 11) is 1.47. The molecule has 0 saturated heterocycles. The number of rotatable bonds is 8. The van der Waals surface area contributed by atoms with Crippen LogP contribution < -0.4 is 10.1 Å². The standard InChI is InChI=1S/C29H30FNO5/c1-35-27-15-20(7-14-26(27)32)16-28(33)31-24-4-2-3-22(18-24)21-8-12-25(13-9-21)36-29(34)17-19-5-10-23(30)11-6-19/h2-7,10-11,14-15,18,21,25,32H,8-9,12-13,16-17H2,1H3,(H,31,33). The zero-order chi connectivity index (χ0) is 25.5. The molecular weight excluding hydrogens is 461 g/mol. The highest BCUT2D eigenvalue weighted by Crippen LogP contribution is 2.35. The molecule has 1 amide bonds. The molecule has 1 saturated carbocycles. The van der Waals surface area contributed by atoms with Gasteiger partial charge in [-0.25, -0.2) is 4.39 Å². The summed E-state index contributed by atoms with van der Waals surface area (Å²) in [6, 6.07) is 18.6. The fraction of sp³-hybridized carbons (Fsp3) is 0.310. The maximum Gasteiger partial charge on any atom is 0.310 e. The Hall–Kier alpha value is -3.87. The largest absolute Gasteiger partial charge is 0.504 e. The van der Waals surface area contributed by atoms with Crippen LogP contribution >= 0.6 is 0 Å². The summed E-state index contributed by atoms with van der Waals surface area (Å²) >= 11 is 0. The number of methoxy groups -OCH3 is 1. The first-order chi connectivity index (χ1) is 17.4. The van der Waals surface area contributed by atoms with E-state index in [2.05, 4.69) is 11.4 Å². The van der Waals surface area contributed by atoms with Gasteiger partial charge in [-0.05, 0) is 84.7 Å². The van der Waals surface area contributed by atoms with Crippen molar-refractivity contribution in [3.63, 3.8) is 0 Å². The van der Waals surface area contributed by atoms with Gasteiger partial charge < -0.3 is 19.9 Å². The summed E-state index contributed by atoms with van der Waals surface area (Å²) in [6.45, 7) is 0. The van der Waals surface area contributed by atoms with Crippen molar-refractivity contribution in [3.8, 4) is 11.5 Å². The monoisotopic (exact) mass is 491 g/mol. The minimum absolute atomic E-state index is 0.0340. The Morgan fingerprint density at radius 1 is 0.944 bits per heavy atom. The number of carbonyl (C=O) groups excluding carboxylic acids is 2. The fourth-order valence-corrected chi connectivity index (χ4v) is 4.60. The van der Waals surface area contributed by atoms with E-state index < -0.39 is 0 Å². The van der Waals surface area contributed by atoms with Gasteiger partial charge in [0.1, 0.15) is 11.9 Å². The number of nitrogens with one attached hydrogen (secondary N) is 1. The molecule has 0 radical (unpaired) electrons. The number of esters is 1. The van der Waals surface area contributed by atoms with Gasteiger partial charge in [0.25, 0.3) is 0 Å². The highest BCUT2D eigenvalue weighted by atomic mass is 19.1. The first kappa shape index (κ1) is 25.2. The Kier molecular flexibility index (Phi) is 8.21. The molecule has 0 atom stereocenters. The summed E-state index contributed by atoms with van der Waals surface area (Å²) in [6.07, 6.45) is 3.52. The Morgan fingerprint density at radius 3 is 2.39 bits per heavy atom. The predicted molar refractivity (Wildman–Crippen MR) is 135 cm³/mol. The lowest BCUT2D eigenvalue weighted by atomic mass is 9.82. The number of anilines is 1. The number of phenols is 1. The molecule has 0 aromatic heterocycles. The van der Waals surface area contributed by atoms with E-state index in [1.165, 1.54) is 25.3 Å². The molecule has 4 rings (SSSR count). The molecule has 1 aliphatic carbocycles.